The molecule has 84 valence electrons. The molecule has 0 saturated heterocycles. The van der Waals surface area contributed by atoms with Gasteiger partial charge in [0, 0.05) is 11.8 Å². The molecule has 0 amide bonds. The lowest BCUT2D eigenvalue weighted by atomic mass is 9.91. The number of aromatic amines is 1. The largest absolute Gasteiger partial charge is 0.278 e. The molecule has 6 rings (SSSR count). The predicted octanol–water partition coefficient (Wildman–Crippen LogP) is 3.73. The Morgan fingerprint density at radius 2 is 1.94 bits per heavy atom. The lowest BCUT2D eigenvalue weighted by Crippen LogP contribution is -1.95. The van der Waals surface area contributed by atoms with Crippen LogP contribution in [0, 0.1) is 0 Å². The zero-order valence-electron chi connectivity index (χ0n) is 9.70. The van der Waals surface area contributed by atoms with Crippen LogP contribution in [-0.2, 0) is 6.42 Å². The van der Waals surface area contributed by atoms with Crippen LogP contribution in [0.5, 0.6) is 0 Å². The van der Waals surface area contributed by atoms with Crippen LogP contribution in [0.2, 0.25) is 0 Å². The van der Waals surface area contributed by atoms with Crippen molar-refractivity contribution in [1.29, 1.82) is 0 Å². The first kappa shape index (κ1) is 8.70. The molecule has 0 unspecified atom stereocenters. The van der Waals surface area contributed by atoms with Gasteiger partial charge in [-0.05, 0) is 39.6 Å². The number of benzene rings is 1. The first-order valence-electron chi connectivity index (χ1n) is 6.22. The van der Waals surface area contributed by atoms with E-state index in [4.69, 9.17) is 0 Å². The first-order valence-corrected chi connectivity index (χ1v) is 6.22. The number of rotatable bonds is 0. The minimum Gasteiger partial charge on any atom is -0.278 e. The highest BCUT2D eigenvalue weighted by atomic mass is 15.1. The molecule has 18 heavy (non-hydrogen) atoms. The number of H-pyrrole nitrogens is 1. The van der Waals surface area contributed by atoms with Gasteiger partial charge in [0.05, 0.1) is 11.2 Å². The van der Waals surface area contributed by atoms with Gasteiger partial charge in [-0.2, -0.15) is 5.10 Å². The van der Waals surface area contributed by atoms with Crippen molar-refractivity contribution in [2.45, 2.75) is 6.42 Å². The Hall–Kier alpha value is -2.35. The highest BCUT2D eigenvalue weighted by Gasteiger charge is 2.23. The van der Waals surface area contributed by atoms with Gasteiger partial charge in [0.15, 0.2) is 0 Å². The average molecular weight is 230 g/mol. The molecule has 1 aromatic carbocycles. The molecular formula is C16H10N2. The van der Waals surface area contributed by atoms with E-state index in [2.05, 4.69) is 52.7 Å². The van der Waals surface area contributed by atoms with Crippen LogP contribution in [-0.4, -0.2) is 10.2 Å². The van der Waals surface area contributed by atoms with Gasteiger partial charge in [0.1, 0.15) is 0 Å². The van der Waals surface area contributed by atoms with E-state index in [1.807, 2.05) is 0 Å². The van der Waals surface area contributed by atoms with E-state index < -0.39 is 0 Å². The second-order valence-corrected chi connectivity index (χ2v) is 5.02. The van der Waals surface area contributed by atoms with Gasteiger partial charge in [-0.3, -0.25) is 5.10 Å². The SMILES string of the molecule is c1ccc2cc3c(c4cc5[nH]nc(c53)C4)c-2cc1. The summed E-state index contributed by atoms with van der Waals surface area (Å²) in [6, 6.07) is 15.3. The van der Waals surface area contributed by atoms with E-state index in [0.29, 0.717) is 0 Å². The number of hydrogen-bond donors (Lipinski definition) is 1. The highest BCUT2D eigenvalue weighted by Crippen LogP contribution is 2.44. The van der Waals surface area contributed by atoms with Gasteiger partial charge in [-0.1, -0.05) is 30.3 Å². The minimum atomic E-state index is 0.969. The minimum absolute atomic E-state index is 0.969. The van der Waals surface area contributed by atoms with Crippen LogP contribution in [0.4, 0.5) is 0 Å². The Morgan fingerprint density at radius 3 is 2.89 bits per heavy atom. The smallest absolute Gasteiger partial charge is 0.0751 e. The molecule has 1 N–H and O–H groups in total. The van der Waals surface area contributed by atoms with Crippen LogP contribution in [0.25, 0.3) is 32.8 Å². The van der Waals surface area contributed by atoms with Crippen molar-refractivity contribution in [3.8, 4) is 11.1 Å². The number of aromatic nitrogens is 2. The van der Waals surface area contributed by atoms with Crippen LogP contribution in [0.1, 0.15) is 11.3 Å². The van der Waals surface area contributed by atoms with Crippen molar-refractivity contribution >= 4 is 21.7 Å². The maximum atomic E-state index is 4.40. The molecule has 0 atom stereocenters. The summed E-state index contributed by atoms with van der Waals surface area (Å²) in [5.74, 6) is 0. The third kappa shape index (κ3) is 0.851. The van der Waals surface area contributed by atoms with Crippen molar-refractivity contribution in [3.05, 3.63) is 53.7 Å². The summed E-state index contributed by atoms with van der Waals surface area (Å²) in [6.07, 6.45) is 0.969. The second kappa shape index (κ2) is 2.72. The number of nitrogens with one attached hydrogen (secondary N) is 1. The summed E-state index contributed by atoms with van der Waals surface area (Å²) in [5, 5.41) is 11.6. The molecule has 0 radical (unpaired) electrons. The molecule has 0 spiro atoms. The fraction of sp³-hybridized carbons (Fsp3) is 0.0625. The van der Waals surface area contributed by atoms with Gasteiger partial charge in [-0.25, -0.2) is 0 Å². The van der Waals surface area contributed by atoms with E-state index in [0.717, 1.165) is 6.42 Å². The molecule has 2 heteroatoms. The molecule has 4 bridgehead atoms. The second-order valence-electron chi connectivity index (χ2n) is 5.02. The Morgan fingerprint density at radius 1 is 1.00 bits per heavy atom. The van der Waals surface area contributed by atoms with Crippen molar-refractivity contribution in [1.82, 2.24) is 10.2 Å². The molecule has 4 aliphatic rings. The summed E-state index contributed by atoms with van der Waals surface area (Å²) in [6.45, 7) is 0. The van der Waals surface area contributed by atoms with Crippen LogP contribution < -0.4 is 0 Å². The molecule has 2 nitrogen and oxygen atoms in total. The topological polar surface area (TPSA) is 28.7 Å². The van der Waals surface area contributed by atoms with Gasteiger partial charge < -0.3 is 0 Å². The lowest BCUT2D eigenvalue weighted by molar-refractivity contribution is 1.03. The Labute approximate surface area is 104 Å². The van der Waals surface area contributed by atoms with E-state index in [-0.39, 0.29) is 0 Å². The number of fused-ring (bicyclic) bond motifs is 1. The fourth-order valence-corrected chi connectivity index (χ4v) is 3.32. The zero-order chi connectivity index (χ0) is 11.7. The van der Waals surface area contributed by atoms with Crippen molar-refractivity contribution in [2.24, 2.45) is 0 Å². The Kier molecular flexibility index (Phi) is 1.32. The number of nitrogens with zero attached hydrogens (tertiary/aromatic N) is 1. The molecule has 0 saturated carbocycles. The molecule has 4 aliphatic carbocycles. The van der Waals surface area contributed by atoms with Crippen molar-refractivity contribution in [3.63, 3.8) is 0 Å². The van der Waals surface area contributed by atoms with Crippen LogP contribution in [0.3, 0.4) is 0 Å². The summed E-state index contributed by atoms with van der Waals surface area (Å²) in [4.78, 5) is 0. The van der Waals surface area contributed by atoms with Gasteiger partial charge in [0.2, 0.25) is 0 Å². The lowest BCUT2D eigenvalue weighted by Gasteiger charge is -2.11. The predicted molar refractivity (Wildman–Crippen MR) is 73.0 cm³/mol. The third-order valence-corrected chi connectivity index (χ3v) is 4.05. The molecular weight excluding hydrogens is 220 g/mol. The summed E-state index contributed by atoms with van der Waals surface area (Å²) >= 11 is 0. The van der Waals surface area contributed by atoms with Gasteiger partial charge >= 0.3 is 0 Å². The quantitative estimate of drug-likeness (QED) is 0.431. The molecule has 0 fully saturated rings. The Balaban J connectivity index is 2.15. The highest BCUT2D eigenvalue weighted by molar-refractivity contribution is 6.18. The zero-order valence-corrected chi connectivity index (χ0v) is 9.70. The summed E-state index contributed by atoms with van der Waals surface area (Å²) < 4.78 is 0. The summed E-state index contributed by atoms with van der Waals surface area (Å²) in [7, 11) is 0. The average Bonchev–Trinajstić information content (AvgIpc) is 2.79. The standard InChI is InChI=1S/C16H10N2/c1-2-4-9-6-12-15(11(9)5-3-1)10-7-13-16(12)14(8-10)18-17-13/h1-7H,8H2,(H,17,18). The summed E-state index contributed by atoms with van der Waals surface area (Å²) in [5.41, 5.74) is 6.46. The fourth-order valence-electron chi connectivity index (χ4n) is 3.32. The van der Waals surface area contributed by atoms with Gasteiger partial charge in [0.25, 0.3) is 0 Å². The van der Waals surface area contributed by atoms with Crippen LogP contribution >= 0.6 is 0 Å². The first-order chi connectivity index (χ1) is 8.92. The van der Waals surface area contributed by atoms with Crippen LogP contribution in [0.15, 0.2) is 42.5 Å². The molecule has 1 aromatic heterocycles. The number of hydrogen-bond acceptors (Lipinski definition) is 1. The maximum Gasteiger partial charge on any atom is 0.0751 e. The third-order valence-electron chi connectivity index (χ3n) is 4.05. The Bertz CT molecular complexity index is 902. The molecule has 2 aromatic rings. The molecule has 1 heterocycles. The maximum absolute atomic E-state index is 4.40. The monoisotopic (exact) mass is 230 g/mol. The van der Waals surface area contributed by atoms with Crippen molar-refractivity contribution < 1.29 is 0 Å². The van der Waals surface area contributed by atoms with Gasteiger partial charge in [-0.15, -0.1) is 0 Å². The normalized spacial score (nSPS) is 13.3. The van der Waals surface area contributed by atoms with E-state index in [1.165, 1.54) is 44.1 Å². The van der Waals surface area contributed by atoms with E-state index in [9.17, 15) is 0 Å². The van der Waals surface area contributed by atoms with E-state index in [1.54, 1.807) is 0 Å². The van der Waals surface area contributed by atoms with E-state index >= 15 is 0 Å². The van der Waals surface area contributed by atoms with Crippen molar-refractivity contribution in [2.75, 3.05) is 0 Å². The molecule has 0 aliphatic heterocycles.